The zero-order valence-corrected chi connectivity index (χ0v) is 17.5. The van der Waals surface area contributed by atoms with Crippen LogP contribution < -0.4 is 10.6 Å². The lowest BCUT2D eigenvalue weighted by Gasteiger charge is -2.34. The minimum absolute atomic E-state index is 0.0227. The Balaban J connectivity index is 1.47. The topological polar surface area (TPSA) is 77.6 Å². The molecule has 2 heterocycles. The summed E-state index contributed by atoms with van der Waals surface area (Å²) in [5.41, 5.74) is 1.10. The second-order valence-corrected chi connectivity index (χ2v) is 8.29. The van der Waals surface area contributed by atoms with Gasteiger partial charge >= 0.3 is 0 Å². The molecule has 2 amide bonds. The fourth-order valence-corrected chi connectivity index (χ4v) is 3.64. The third kappa shape index (κ3) is 6.23. The highest BCUT2D eigenvalue weighted by molar-refractivity contribution is 7.14. The summed E-state index contributed by atoms with van der Waals surface area (Å²) in [5, 5.41) is 8.30. The quantitative estimate of drug-likeness (QED) is 0.721. The summed E-state index contributed by atoms with van der Waals surface area (Å²) in [5.74, 6) is 0.0304. The predicted molar refractivity (Wildman–Crippen MR) is 112 cm³/mol. The van der Waals surface area contributed by atoms with Crippen LogP contribution in [0.5, 0.6) is 0 Å². The van der Waals surface area contributed by atoms with Gasteiger partial charge in [-0.3, -0.25) is 14.5 Å². The van der Waals surface area contributed by atoms with E-state index in [-0.39, 0.29) is 17.6 Å². The number of hydrogen-bond donors (Lipinski definition) is 2. The second-order valence-electron chi connectivity index (χ2n) is 7.44. The van der Waals surface area contributed by atoms with E-state index in [0.29, 0.717) is 61.7 Å². The molecule has 0 spiro atoms. The first kappa shape index (κ1) is 21.2. The van der Waals surface area contributed by atoms with Crippen molar-refractivity contribution in [3.8, 4) is 0 Å². The van der Waals surface area contributed by atoms with Crippen LogP contribution in [0.2, 0.25) is 0 Å². The molecule has 1 aromatic carbocycles. The van der Waals surface area contributed by atoms with E-state index in [1.807, 2.05) is 0 Å². The fraction of sp³-hybridized carbons (Fsp3) is 0.450. The highest BCUT2D eigenvalue weighted by Gasteiger charge is 2.24. The number of carbonyl (C=O) groups excluding carboxylic acids is 2. The van der Waals surface area contributed by atoms with Gasteiger partial charge in [-0.2, -0.15) is 0 Å². The van der Waals surface area contributed by atoms with Gasteiger partial charge in [-0.15, -0.1) is 11.3 Å². The van der Waals surface area contributed by atoms with Gasteiger partial charge in [-0.1, -0.05) is 13.8 Å². The average Bonchev–Trinajstić information content (AvgIpc) is 3.17. The standard InChI is InChI=1S/C20H26FN5O2S/c1-14(2)11-22-18(27)12-25-7-9-26(10-8-25)19(28)17-13-29-20(24-17)23-16-5-3-15(21)4-6-16/h3-6,13-14H,7-12H2,1-2H3,(H,22,27)(H,23,24). The summed E-state index contributed by atoms with van der Waals surface area (Å²) >= 11 is 1.33. The van der Waals surface area contributed by atoms with Crippen LogP contribution in [0.4, 0.5) is 15.2 Å². The van der Waals surface area contributed by atoms with Crippen molar-refractivity contribution in [1.29, 1.82) is 0 Å². The first-order valence-corrected chi connectivity index (χ1v) is 10.5. The number of aromatic nitrogens is 1. The van der Waals surface area contributed by atoms with E-state index < -0.39 is 0 Å². The van der Waals surface area contributed by atoms with Crippen molar-refractivity contribution in [1.82, 2.24) is 20.1 Å². The van der Waals surface area contributed by atoms with Gasteiger partial charge in [-0.25, -0.2) is 9.37 Å². The number of anilines is 2. The summed E-state index contributed by atoms with van der Waals surface area (Å²) in [6, 6.07) is 5.97. The monoisotopic (exact) mass is 419 g/mol. The Hall–Kier alpha value is -2.52. The van der Waals surface area contributed by atoms with Crippen molar-refractivity contribution in [2.45, 2.75) is 13.8 Å². The number of amides is 2. The molecule has 1 saturated heterocycles. The van der Waals surface area contributed by atoms with Gasteiger partial charge in [0.15, 0.2) is 5.13 Å². The number of nitrogens with one attached hydrogen (secondary N) is 2. The number of rotatable bonds is 7. The van der Waals surface area contributed by atoms with Crippen LogP contribution in [0, 0.1) is 11.7 Å². The predicted octanol–water partition coefficient (Wildman–Crippen LogP) is 2.56. The van der Waals surface area contributed by atoms with Crippen LogP contribution in [0.1, 0.15) is 24.3 Å². The molecule has 0 saturated carbocycles. The maximum absolute atomic E-state index is 13.0. The van der Waals surface area contributed by atoms with Gasteiger partial charge in [0.1, 0.15) is 11.5 Å². The van der Waals surface area contributed by atoms with Crippen molar-refractivity contribution >= 4 is 34.0 Å². The van der Waals surface area contributed by atoms with E-state index in [0.717, 1.165) is 0 Å². The molecule has 9 heteroatoms. The Morgan fingerprint density at radius 1 is 1.17 bits per heavy atom. The molecule has 1 aliphatic heterocycles. The number of nitrogens with zero attached hydrogens (tertiary/aromatic N) is 3. The second kappa shape index (κ2) is 9.80. The largest absolute Gasteiger partial charge is 0.355 e. The molecule has 0 unspecified atom stereocenters. The minimum atomic E-state index is -0.304. The van der Waals surface area contributed by atoms with Gasteiger partial charge in [0.05, 0.1) is 6.54 Å². The molecular weight excluding hydrogens is 393 g/mol. The molecule has 1 aromatic heterocycles. The lowest BCUT2D eigenvalue weighted by Crippen LogP contribution is -2.51. The van der Waals surface area contributed by atoms with Gasteiger partial charge < -0.3 is 15.5 Å². The summed E-state index contributed by atoms with van der Waals surface area (Å²) in [6.45, 7) is 7.60. The Kier molecular flexibility index (Phi) is 7.16. The van der Waals surface area contributed by atoms with E-state index >= 15 is 0 Å². The Morgan fingerprint density at radius 2 is 1.86 bits per heavy atom. The third-order valence-corrected chi connectivity index (χ3v) is 5.31. The molecule has 1 fully saturated rings. The Labute approximate surface area is 173 Å². The van der Waals surface area contributed by atoms with Crippen molar-refractivity contribution in [3.05, 3.63) is 41.2 Å². The molecule has 2 aromatic rings. The van der Waals surface area contributed by atoms with E-state index in [4.69, 9.17) is 0 Å². The van der Waals surface area contributed by atoms with Gasteiger partial charge in [0.25, 0.3) is 5.91 Å². The van der Waals surface area contributed by atoms with Crippen molar-refractivity contribution in [3.63, 3.8) is 0 Å². The van der Waals surface area contributed by atoms with Crippen LogP contribution in [0.3, 0.4) is 0 Å². The maximum atomic E-state index is 13.0. The van der Waals surface area contributed by atoms with Crippen LogP contribution in [-0.2, 0) is 4.79 Å². The zero-order chi connectivity index (χ0) is 20.8. The molecule has 7 nitrogen and oxygen atoms in total. The Morgan fingerprint density at radius 3 is 2.52 bits per heavy atom. The fourth-order valence-electron chi connectivity index (χ4n) is 2.93. The number of thiazole rings is 1. The highest BCUT2D eigenvalue weighted by Crippen LogP contribution is 2.22. The van der Waals surface area contributed by atoms with Crippen LogP contribution >= 0.6 is 11.3 Å². The summed E-state index contributed by atoms with van der Waals surface area (Å²) in [4.78, 5) is 32.8. The maximum Gasteiger partial charge on any atom is 0.273 e. The van der Waals surface area contributed by atoms with Crippen LogP contribution in [-0.4, -0.2) is 65.9 Å². The average molecular weight is 420 g/mol. The van der Waals surface area contributed by atoms with Crippen LogP contribution in [0.15, 0.2) is 29.6 Å². The van der Waals surface area contributed by atoms with Gasteiger partial charge in [-0.05, 0) is 30.2 Å². The summed E-state index contributed by atoms with van der Waals surface area (Å²) in [7, 11) is 0. The van der Waals surface area contributed by atoms with E-state index in [9.17, 15) is 14.0 Å². The molecule has 0 bridgehead atoms. The number of piperazine rings is 1. The van der Waals surface area contributed by atoms with Gasteiger partial charge in [0.2, 0.25) is 5.91 Å². The molecule has 29 heavy (non-hydrogen) atoms. The third-order valence-electron chi connectivity index (χ3n) is 4.55. The van der Waals surface area contributed by atoms with E-state index in [1.54, 1.807) is 22.4 Å². The van der Waals surface area contributed by atoms with Gasteiger partial charge in [0, 0.05) is 43.8 Å². The molecule has 0 radical (unpaired) electrons. The molecular formula is C20H26FN5O2S. The van der Waals surface area contributed by atoms with E-state index in [1.165, 1.54) is 23.5 Å². The Bertz CT molecular complexity index is 832. The first-order valence-electron chi connectivity index (χ1n) is 9.67. The molecule has 2 N–H and O–H groups in total. The smallest absolute Gasteiger partial charge is 0.273 e. The molecule has 0 atom stereocenters. The first-order chi connectivity index (χ1) is 13.9. The zero-order valence-electron chi connectivity index (χ0n) is 16.7. The number of halogens is 1. The number of carbonyl (C=O) groups is 2. The highest BCUT2D eigenvalue weighted by atomic mass is 32.1. The number of benzene rings is 1. The summed E-state index contributed by atoms with van der Waals surface area (Å²) < 4.78 is 13.0. The summed E-state index contributed by atoms with van der Waals surface area (Å²) in [6.07, 6.45) is 0. The molecule has 1 aliphatic rings. The number of hydrogen-bond acceptors (Lipinski definition) is 6. The molecule has 3 rings (SSSR count). The molecule has 156 valence electrons. The minimum Gasteiger partial charge on any atom is -0.355 e. The normalized spacial score (nSPS) is 14.8. The van der Waals surface area contributed by atoms with Crippen molar-refractivity contribution in [2.75, 3.05) is 44.6 Å². The van der Waals surface area contributed by atoms with Crippen LogP contribution in [0.25, 0.3) is 0 Å². The SMILES string of the molecule is CC(C)CNC(=O)CN1CCN(C(=O)c2csc(Nc3ccc(F)cc3)n2)CC1. The van der Waals surface area contributed by atoms with Crippen molar-refractivity contribution in [2.24, 2.45) is 5.92 Å². The van der Waals surface area contributed by atoms with E-state index in [2.05, 4.69) is 34.4 Å². The lowest BCUT2D eigenvalue weighted by molar-refractivity contribution is -0.122. The lowest BCUT2D eigenvalue weighted by atomic mass is 10.2. The molecule has 0 aliphatic carbocycles. The van der Waals surface area contributed by atoms with Crippen molar-refractivity contribution < 1.29 is 14.0 Å².